The summed E-state index contributed by atoms with van der Waals surface area (Å²) in [6, 6.07) is 3.33. The van der Waals surface area contributed by atoms with Gasteiger partial charge in [-0.25, -0.2) is 9.48 Å². The number of nitrogens with one attached hydrogen (secondary N) is 2. The number of rotatable bonds is 4. The number of hydrogen-bond donors (Lipinski definition) is 3. The minimum absolute atomic E-state index is 0.00904. The van der Waals surface area contributed by atoms with Crippen LogP contribution in [0.2, 0.25) is 0 Å². The summed E-state index contributed by atoms with van der Waals surface area (Å²) in [6.45, 7) is 1.37. The van der Waals surface area contributed by atoms with Crippen LogP contribution in [0.1, 0.15) is 0 Å². The number of nitrogens with zero attached hydrogens (tertiary/aromatic N) is 4. The van der Waals surface area contributed by atoms with Crippen molar-refractivity contribution in [3.05, 3.63) is 18.3 Å². The van der Waals surface area contributed by atoms with Gasteiger partial charge in [-0.15, -0.1) is 5.10 Å². The summed E-state index contributed by atoms with van der Waals surface area (Å²) in [7, 11) is 1.57. The van der Waals surface area contributed by atoms with E-state index >= 15 is 0 Å². The molecule has 0 saturated carbocycles. The van der Waals surface area contributed by atoms with Crippen molar-refractivity contribution in [3.63, 3.8) is 0 Å². The predicted molar refractivity (Wildman–Crippen MR) is 79.4 cm³/mol. The van der Waals surface area contributed by atoms with Gasteiger partial charge in [0, 0.05) is 20.1 Å². The molecule has 1 aliphatic rings. The molecule has 0 aliphatic carbocycles. The van der Waals surface area contributed by atoms with Crippen molar-refractivity contribution < 1.29 is 14.3 Å². The van der Waals surface area contributed by atoms with Crippen molar-refractivity contribution >= 4 is 17.7 Å². The van der Waals surface area contributed by atoms with Crippen molar-refractivity contribution in [2.24, 2.45) is 18.7 Å². The molecule has 0 radical (unpaired) electrons. The van der Waals surface area contributed by atoms with Crippen LogP contribution in [0.5, 0.6) is 5.88 Å². The molecule has 2 aromatic heterocycles. The first-order valence-electron chi connectivity index (χ1n) is 6.89. The summed E-state index contributed by atoms with van der Waals surface area (Å²) < 4.78 is 6.16. The third kappa shape index (κ3) is 3.11. The molecule has 1 aliphatic heterocycles. The first kappa shape index (κ1) is 14.9. The number of ether oxygens (including phenoxy) is 1. The number of anilines is 1. The van der Waals surface area contributed by atoms with Gasteiger partial charge in [0.05, 0.1) is 23.5 Å². The van der Waals surface area contributed by atoms with Crippen molar-refractivity contribution in [2.45, 2.75) is 0 Å². The molecule has 3 rings (SSSR count). The molecule has 2 aromatic rings. The monoisotopic (exact) mass is 317 g/mol. The minimum Gasteiger partial charge on any atom is -0.389 e. The van der Waals surface area contributed by atoms with Crippen LogP contribution in [0, 0.1) is 5.92 Å². The second kappa shape index (κ2) is 6.01. The normalized spacial score (nSPS) is 14.1. The molecule has 120 valence electrons. The SMILES string of the molecule is Cn1nnc(-c2ccc(NC(=O)C3CNC3)cn2)c1OC(N)=O. The second-order valence-corrected chi connectivity index (χ2v) is 5.06. The van der Waals surface area contributed by atoms with Gasteiger partial charge in [0.25, 0.3) is 5.88 Å². The van der Waals surface area contributed by atoms with E-state index in [9.17, 15) is 9.59 Å². The number of carbonyl (C=O) groups excluding carboxylic acids is 2. The summed E-state index contributed by atoms with van der Waals surface area (Å²) in [4.78, 5) is 27.0. The lowest BCUT2D eigenvalue weighted by atomic mass is 10.0. The van der Waals surface area contributed by atoms with E-state index in [4.69, 9.17) is 10.5 Å². The number of hydrogen-bond acceptors (Lipinski definition) is 7. The smallest absolute Gasteiger partial charge is 0.389 e. The molecule has 0 unspecified atom stereocenters. The van der Waals surface area contributed by atoms with Gasteiger partial charge in [0.2, 0.25) is 5.91 Å². The van der Waals surface area contributed by atoms with Crippen LogP contribution >= 0.6 is 0 Å². The highest BCUT2D eigenvalue weighted by molar-refractivity contribution is 5.93. The number of amides is 2. The summed E-state index contributed by atoms with van der Waals surface area (Å²) in [6.07, 6.45) is 0.539. The molecule has 0 aromatic carbocycles. The number of aryl methyl sites for hydroxylation is 1. The Morgan fingerprint density at radius 3 is 2.78 bits per heavy atom. The molecular formula is C13H15N7O3. The lowest BCUT2D eigenvalue weighted by Crippen LogP contribution is -2.48. The predicted octanol–water partition coefficient (Wildman–Crippen LogP) is -0.507. The zero-order valence-electron chi connectivity index (χ0n) is 12.3. The molecule has 0 bridgehead atoms. The highest BCUT2D eigenvalue weighted by Gasteiger charge is 2.25. The maximum absolute atomic E-state index is 11.9. The number of aromatic nitrogens is 4. The van der Waals surface area contributed by atoms with E-state index < -0.39 is 6.09 Å². The van der Waals surface area contributed by atoms with Crippen LogP contribution < -0.4 is 21.1 Å². The van der Waals surface area contributed by atoms with Crippen molar-refractivity contribution in [2.75, 3.05) is 18.4 Å². The Bertz CT molecular complexity index is 737. The molecular weight excluding hydrogens is 302 g/mol. The van der Waals surface area contributed by atoms with Crippen LogP contribution in [0.25, 0.3) is 11.4 Å². The third-order valence-corrected chi connectivity index (χ3v) is 3.40. The quantitative estimate of drug-likeness (QED) is 0.690. The first-order chi connectivity index (χ1) is 11.0. The zero-order chi connectivity index (χ0) is 16.4. The molecule has 1 fully saturated rings. The maximum atomic E-state index is 11.9. The summed E-state index contributed by atoms with van der Waals surface area (Å²) in [5, 5.41) is 13.5. The van der Waals surface area contributed by atoms with Gasteiger partial charge >= 0.3 is 6.09 Å². The lowest BCUT2D eigenvalue weighted by Gasteiger charge is -2.25. The van der Waals surface area contributed by atoms with Gasteiger partial charge in [0.15, 0.2) is 5.69 Å². The Labute approximate surface area is 131 Å². The molecule has 10 nitrogen and oxygen atoms in total. The fourth-order valence-electron chi connectivity index (χ4n) is 2.05. The van der Waals surface area contributed by atoms with E-state index in [0.29, 0.717) is 24.5 Å². The largest absolute Gasteiger partial charge is 0.411 e. The fourth-order valence-corrected chi connectivity index (χ4v) is 2.05. The Kier molecular flexibility index (Phi) is 3.89. The Balaban J connectivity index is 1.77. The summed E-state index contributed by atoms with van der Waals surface area (Å²) >= 11 is 0. The van der Waals surface area contributed by atoms with Gasteiger partial charge in [-0.1, -0.05) is 5.21 Å². The summed E-state index contributed by atoms with van der Waals surface area (Å²) in [5.41, 5.74) is 6.33. The molecule has 10 heteroatoms. The number of primary amides is 1. The zero-order valence-corrected chi connectivity index (χ0v) is 12.3. The van der Waals surface area contributed by atoms with Gasteiger partial charge in [-0.2, -0.15) is 0 Å². The van der Waals surface area contributed by atoms with E-state index in [1.54, 1.807) is 19.2 Å². The van der Waals surface area contributed by atoms with E-state index in [0.717, 1.165) is 0 Å². The Morgan fingerprint density at radius 1 is 1.43 bits per heavy atom. The first-order valence-corrected chi connectivity index (χ1v) is 6.89. The molecule has 2 amide bonds. The standard InChI is InChI=1S/C13H15N7O3/c1-20-12(23-13(14)22)10(18-19-20)9-3-2-8(6-16-9)17-11(21)7-4-15-5-7/h2-3,6-7,15H,4-5H2,1H3,(H2,14,22)(H,17,21). The minimum atomic E-state index is -0.963. The van der Waals surface area contributed by atoms with Crippen molar-refractivity contribution in [1.29, 1.82) is 0 Å². The second-order valence-electron chi connectivity index (χ2n) is 5.06. The van der Waals surface area contributed by atoms with Gasteiger partial charge in [0.1, 0.15) is 0 Å². The molecule has 1 saturated heterocycles. The highest BCUT2D eigenvalue weighted by Crippen LogP contribution is 2.26. The van der Waals surface area contributed by atoms with Crippen LogP contribution in [0.4, 0.5) is 10.5 Å². The van der Waals surface area contributed by atoms with E-state index in [1.165, 1.54) is 10.9 Å². The lowest BCUT2D eigenvalue weighted by molar-refractivity contribution is -0.121. The molecule has 3 heterocycles. The van der Waals surface area contributed by atoms with Gasteiger partial charge in [-0.3, -0.25) is 9.78 Å². The fraction of sp³-hybridized carbons (Fsp3) is 0.308. The highest BCUT2D eigenvalue weighted by atomic mass is 16.6. The van der Waals surface area contributed by atoms with E-state index in [1.807, 2.05) is 0 Å². The maximum Gasteiger partial charge on any atom is 0.411 e. The van der Waals surface area contributed by atoms with E-state index in [2.05, 4.69) is 25.9 Å². The van der Waals surface area contributed by atoms with Crippen molar-refractivity contribution in [1.82, 2.24) is 25.3 Å². The third-order valence-electron chi connectivity index (χ3n) is 3.40. The average Bonchev–Trinajstić information content (AvgIpc) is 2.79. The van der Waals surface area contributed by atoms with Gasteiger partial charge < -0.3 is 21.1 Å². The molecule has 4 N–H and O–H groups in total. The van der Waals surface area contributed by atoms with Crippen molar-refractivity contribution in [3.8, 4) is 17.3 Å². The van der Waals surface area contributed by atoms with E-state index in [-0.39, 0.29) is 23.4 Å². The molecule has 0 spiro atoms. The number of nitrogens with two attached hydrogens (primary N) is 1. The Hall–Kier alpha value is -3.01. The molecule has 0 atom stereocenters. The topological polar surface area (TPSA) is 137 Å². The molecule has 23 heavy (non-hydrogen) atoms. The number of pyridine rings is 1. The van der Waals surface area contributed by atoms with Gasteiger partial charge in [-0.05, 0) is 12.1 Å². The average molecular weight is 317 g/mol. The van der Waals surface area contributed by atoms with Crippen LogP contribution in [0.15, 0.2) is 18.3 Å². The number of carbonyl (C=O) groups is 2. The summed E-state index contributed by atoms with van der Waals surface area (Å²) in [5.74, 6) is 0.0446. The van der Waals surface area contributed by atoms with Crippen LogP contribution in [-0.4, -0.2) is 45.1 Å². The van der Waals surface area contributed by atoms with Crippen LogP contribution in [-0.2, 0) is 11.8 Å². The Morgan fingerprint density at radius 2 is 2.22 bits per heavy atom. The van der Waals surface area contributed by atoms with Crippen LogP contribution in [0.3, 0.4) is 0 Å².